The van der Waals surface area contributed by atoms with E-state index in [2.05, 4.69) is 45.7 Å². The van der Waals surface area contributed by atoms with E-state index in [-0.39, 0.29) is 29.8 Å². The van der Waals surface area contributed by atoms with Crippen molar-refractivity contribution in [2.24, 2.45) is 5.41 Å². The van der Waals surface area contributed by atoms with E-state index in [4.69, 9.17) is 13.9 Å². The lowest BCUT2D eigenvalue weighted by Crippen LogP contribution is -2.48. The van der Waals surface area contributed by atoms with E-state index in [0.29, 0.717) is 6.29 Å². The van der Waals surface area contributed by atoms with Gasteiger partial charge in [-0.3, -0.25) is 9.59 Å². The first-order valence-corrected chi connectivity index (χ1v) is 13.4. The molecule has 0 N–H and O–H groups in total. The van der Waals surface area contributed by atoms with E-state index in [1.165, 1.54) is 12.5 Å². The van der Waals surface area contributed by atoms with Crippen molar-refractivity contribution in [3.63, 3.8) is 0 Å². The van der Waals surface area contributed by atoms with Crippen molar-refractivity contribution in [2.75, 3.05) is 6.61 Å². The number of rotatable bonds is 7. The smallest absolute Gasteiger partial charge is 0.311 e. The van der Waals surface area contributed by atoms with Gasteiger partial charge < -0.3 is 18.7 Å². The fraction of sp³-hybridized carbons (Fsp3) is 0.625. The molecule has 170 valence electrons. The summed E-state index contributed by atoms with van der Waals surface area (Å²) in [5.74, 6) is 5.82. The van der Waals surface area contributed by atoms with Crippen LogP contribution in [0.4, 0.5) is 0 Å². The molecule has 1 fully saturated rings. The Hall–Kier alpha value is -1.75. The van der Waals surface area contributed by atoms with Crippen molar-refractivity contribution < 1.29 is 28.3 Å². The largest absolute Gasteiger partial charge is 0.461 e. The molecule has 1 heterocycles. The molecule has 2 aliphatic rings. The van der Waals surface area contributed by atoms with Crippen molar-refractivity contribution in [2.45, 2.75) is 83.4 Å². The summed E-state index contributed by atoms with van der Waals surface area (Å²) in [4.78, 5) is 35.1. The summed E-state index contributed by atoms with van der Waals surface area (Å²) in [6.07, 6.45) is 6.45. The fourth-order valence-electron chi connectivity index (χ4n) is 2.78. The summed E-state index contributed by atoms with van der Waals surface area (Å²) >= 11 is 0. The van der Waals surface area contributed by atoms with Crippen LogP contribution in [-0.2, 0) is 28.3 Å². The summed E-state index contributed by atoms with van der Waals surface area (Å²) in [5.41, 5.74) is -2.76. The zero-order valence-electron chi connectivity index (χ0n) is 19.8. The standard InChI is InChI=1S/C24H34O6Si/c1-21(2,3)20(27)28-17-24(19(29-24)10-9-15-25)14-13-23(12-11-18(26)16-23)30-31(7,8)22(4,5)6/h9-12,15,19H,16-17H2,1-8H3/t19-,23?,24-/m1/s1. The lowest BCUT2D eigenvalue weighted by atomic mass is 9.96. The third kappa shape index (κ3) is 6.15. The molecule has 0 aromatic rings. The van der Waals surface area contributed by atoms with Crippen LogP contribution in [0.3, 0.4) is 0 Å². The number of epoxide rings is 1. The molecule has 2 radical (unpaired) electrons. The van der Waals surface area contributed by atoms with Crippen molar-refractivity contribution in [1.82, 2.24) is 0 Å². The first-order valence-electron chi connectivity index (χ1n) is 10.5. The Bertz CT molecular complexity index is 820. The molecule has 7 heteroatoms. The van der Waals surface area contributed by atoms with Crippen LogP contribution in [0.25, 0.3) is 0 Å². The van der Waals surface area contributed by atoms with Gasteiger partial charge in [0.05, 0.1) is 11.8 Å². The van der Waals surface area contributed by atoms with Crippen molar-refractivity contribution >= 4 is 26.4 Å². The third-order valence-electron chi connectivity index (χ3n) is 5.84. The second kappa shape index (κ2) is 8.65. The van der Waals surface area contributed by atoms with Gasteiger partial charge in [0.2, 0.25) is 0 Å². The Morgan fingerprint density at radius 1 is 1.26 bits per heavy atom. The van der Waals surface area contributed by atoms with Crippen LogP contribution >= 0.6 is 0 Å². The van der Waals surface area contributed by atoms with Gasteiger partial charge in [0, 0.05) is 12.8 Å². The monoisotopic (exact) mass is 446 g/mol. The number of hydrogen-bond acceptors (Lipinski definition) is 6. The Labute approximate surface area is 187 Å². The molecule has 1 aliphatic heterocycles. The van der Waals surface area contributed by atoms with Gasteiger partial charge in [-0.1, -0.05) is 32.6 Å². The number of ether oxygens (including phenoxy) is 2. The number of esters is 1. The van der Waals surface area contributed by atoms with Crippen molar-refractivity contribution in [1.29, 1.82) is 0 Å². The lowest BCUT2D eigenvalue weighted by Gasteiger charge is -2.41. The second-order valence-electron chi connectivity index (χ2n) is 10.8. The summed E-state index contributed by atoms with van der Waals surface area (Å²) in [6.45, 7) is 15.8. The predicted molar refractivity (Wildman–Crippen MR) is 120 cm³/mol. The molecule has 31 heavy (non-hydrogen) atoms. The molecule has 1 unspecified atom stereocenters. The maximum Gasteiger partial charge on any atom is 0.311 e. The van der Waals surface area contributed by atoms with Gasteiger partial charge in [-0.05, 0) is 51.1 Å². The zero-order valence-corrected chi connectivity index (χ0v) is 20.8. The molecule has 0 spiro atoms. The third-order valence-corrected chi connectivity index (χ3v) is 10.3. The van der Waals surface area contributed by atoms with Crippen LogP contribution in [0.5, 0.6) is 0 Å². The van der Waals surface area contributed by atoms with Gasteiger partial charge in [0.1, 0.15) is 24.6 Å². The van der Waals surface area contributed by atoms with E-state index < -0.39 is 31.0 Å². The predicted octanol–water partition coefficient (Wildman–Crippen LogP) is 3.61. The van der Waals surface area contributed by atoms with E-state index in [1.807, 2.05) is 0 Å². The molecule has 0 amide bonds. The second-order valence-corrected chi connectivity index (χ2v) is 15.5. The average molecular weight is 447 g/mol. The molecular formula is C24H34O6Si. The van der Waals surface area contributed by atoms with Crippen LogP contribution in [0.15, 0.2) is 12.2 Å². The lowest BCUT2D eigenvalue weighted by molar-refractivity contribution is -0.154. The van der Waals surface area contributed by atoms with Gasteiger partial charge in [-0.15, -0.1) is 0 Å². The minimum Gasteiger partial charge on any atom is -0.461 e. The number of ketones is 1. The molecule has 1 aliphatic carbocycles. The molecule has 3 atom stereocenters. The first-order chi connectivity index (χ1) is 14.1. The Morgan fingerprint density at radius 3 is 2.39 bits per heavy atom. The van der Waals surface area contributed by atoms with E-state index >= 15 is 0 Å². The van der Waals surface area contributed by atoms with Gasteiger partial charge >= 0.3 is 5.97 Å². The summed E-state index contributed by atoms with van der Waals surface area (Å²) in [7, 11) is -2.24. The number of hydrogen-bond donors (Lipinski definition) is 0. The van der Waals surface area contributed by atoms with Crippen LogP contribution in [0, 0.1) is 30.1 Å². The molecule has 0 bridgehead atoms. The Balaban J connectivity index is 2.31. The number of carbonyl (C=O) groups excluding carboxylic acids is 3. The number of aldehydes is 1. The molecule has 2 rings (SSSR count). The molecule has 0 aromatic heterocycles. The van der Waals surface area contributed by atoms with Gasteiger partial charge in [0.15, 0.2) is 19.7 Å². The van der Waals surface area contributed by atoms with Crippen LogP contribution in [-0.4, -0.2) is 50.3 Å². The van der Waals surface area contributed by atoms with Crippen LogP contribution < -0.4 is 0 Å². The minimum atomic E-state index is -2.24. The maximum absolute atomic E-state index is 12.2. The SMILES string of the molecule is CC(C)(C)C(=O)OC[C@@]1(C#CC2(O[Si](C)(C)C(C)(C)C)C=CC(=O)C2)O[C@@H]1[CH][CH]C=O. The topological polar surface area (TPSA) is 82.2 Å². The van der Waals surface area contributed by atoms with Crippen LogP contribution in [0.2, 0.25) is 18.1 Å². The van der Waals surface area contributed by atoms with E-state index in [0.717, 1.165) is 0 Å². The minimum absolute atomic E-state index is 0.0460. The highest BCUT2D eigenvalue weighted by molar-refractivity contribution is 6.74. The van der Waals surface area contributed by atoms with E-state index in [1.54, 1.807) is 33.3 Å². The summed E-state index contributed by atoms with van der Waals surface area (Å²) in [6, 6.07) is 0. The maximum atomic E-state index is 12.2. The first kappa shape index (κ1) is 25.5. The van der Waals surface area contributed by atoms with Gasteiger partial charge in [0.25, 0.3) is 0 Å². The summed E-state index contributed by atoms with van der Waals surface area (Å²) in [5, 5.41) is -0.0631. The molecule has 0 aromatic carbocycles. The highest BCUT2D eigenvalue weighted by Gasteiger charge is 2.57. The molecule has 1 saturated heterocycles. The quantitative estimate of drug-likeness (QED) is 0.195. The van der Waals surface area contributed by atoms with Crippen molar-refractivity contribution in [3.8, 4) is 11.8 Å². The van der Waals surface area contributed by atoms with Gasteiger partial charge in [-0.2, -0.15) is 0 Å². The zero-order chi connectivity index (χ0) is 23.7. The Morgan fingerprint density at radius 2 is 1.90 bits per heavy atom. The number of allylic oxidation sites excluding steroid dienone is 1. The normalized spacial score (nSPS) is 28.1. The summed E-state index contributed by atoms with van der Waals surface area (Å²) < 4.78 is 17.8. The Kier molecular flexibility index (Phi) is 7.11. The highest BCUT2D eigenvalue weighted by atomic mass is 28.4. The highest BCUT2D eigenvalue weighted by Crippen LogP contribution is 2.43. The fourth-order valence-corrected chi connectivity index (χ4v) is 4.19. The number of carbonyl (C=O) groups is 3. The van der Waals surface area contributed by atoms with Gasteiger partial charge in [-0.25, -0.2) is 0 Å². The van der Waals surface area contributed by atoms with E-state index in [9.17, 15) is 14.4 Å². The molecular weight excluding hydrogens is 412 g/mol. The van der Waals surface area contributed by atoms with Crippen LogP contribution in [0.1, 0.15) is 48.0 Å². The molecule has 6 nitrogen and oxygen atoms in total. The van der Waals surface area contributed by atoms with Crippen molar-refractivity contribution in [3.05, 3.63) is 25.0 Å². The average Bonchev–Trinajstić information content (AvgIpc) is 3.20. The molecule has 0 saturated carbocycles.